The Kier molecular flexibility index (Phi) is 2.36. The number of nitrogen functional groups attached to an aromatic ring is 1. The van der Waals surface area contributed by atoms with Crippen LogP contribution in [0.5, 0.6) is 0 Å². The van der Waals surface area contributed by atoms with E-state index in [1.165, 1.54) is 6.07 Å². The number of carbonyl (C=O) groups is 1. The number of nitrogens with zero attached hydrogens (tertiary/aromatic N) is 2. The summed E-state index contributed by atoms with van der Waals surface area (Å²) in [6, 6.07) is 4.77. The molecule has 2 aromatic rings. The molecule has 16 heavy (non-hydrogen) atoms. The summed E-state index contributed by atoms with van der Waals surface area (Å²) in [7, 11) is 0. The third kappa shape index (κ3) is 1.75. The Morgan fingerprint density at radius 1 is 1.50 bits per heavy atom. The molecule has 0 aliphatic carbocycles. The van der Waals surface area contributed by atoms with E-state index in [2.05, 4.69) is 4.98 Å². The lowest BCUT2D eigenvalue weighted by molar-refractivity contribution is 0.0697. The van der Waals surface area contributed by atoms with Gasteiger partial charge in [0.1, 0.15) is 0 Å². The number of hydrogen-bond donors (Lipinski definition) is 2. The standard InChI is InChI=1S/C11H11N3O2/c1-7-5-14(6-13-7)10-3-2-8(12)4-9(10)11(15)16/h2-6H,12H2,1H3,(H,15,16). The summed E-state index contributed by atoms with van der Waals surface area (Å²) in [5, 5.41) is 9.07. The molecule has 0 atom stereocenters. The molecule has 0 bridgehead atoms. The quantitative estimate of drug-likeness (QED) is 0.746. The van der Waals surface area contributed by atoms with Crippen LogP contribution in [0.15, 0.2) is 30.7 Å². The van der Waals surface area contributed by atoms with Crippen molar-refractivity contribution >= 4 is 11.7 Å². The van der Waals surface area contributed by atoms with Crippen molar-refractivity contribution in [1.82, 2.24) is 9.55 Å². The van der Waals surface area contributed by atoms with E-state index >= 15 is 0 Å². The molecule has 5 nitrogen and oxygen atoms in total. The number of nitrogens with two attached hydrogens (primary N) is 1. The monoisotopic (exact) mass is 217 g/mol. The predicted molar refractivity (Wildman–Crippen MR) is 59.7 cm³/mol. The summed E-state index contributed by atoms with van der Waals surface area (Å²) in [4.78, 5) is 15.1. The average Bonchev–Trinajstić information content (AvgIpc) is 2.64. The third-order valence-corrected chi connectivity index (χ3v) is 2.24. The number of anilines is 1. The molecule has 5 heteroatoms. The van der Waals surface area contributed by atoms with E-state index in [-0.39, 0.29) is 5.56 Å². The van der Waals surface area contributed by atoms with E-state index in [4.69, 9.17) is 10.8 Å². The molecule has 0 radical (unpaired) electrons. The van der Waals surface area contributed by atoms with Crippen LogP contribution in [-0.2, 0) is 0 Å². The highest BCUT2D eigenvalue weighted by Gasteiger charge is 2.11. The minimum atomic E-state index is -1.01. The second-order valence-corrected chi connectivity index (χ2v) is 3.50. The number of aryl methyl sites for hydroxylation is 1. The van der Waals surface area contributed by atoms with Gasteiger partial charge in [0.25, 0.3) is 0 Å². The van der Waals surface area contributed by atoms with Gasteiger partial charge in [0, 0.05) is 11.9 Å². The number of carboxylic acid groups (broad SMARTS) is 1. The second kappa shape index (κ2) is 3.69. The van der Waals surface area contributed by atoms with Crippen LogP contribution in [0.4, 0.5) is 5.69 Å². The van der Waals surface area contributed by atoms with Crippen molar-refractivity contribution in [3.8, 4) is 5.69 Å². The van der Waals surface area contributed by atoms with Crippen molar-refractivity contribution in [1.29, 1.82) is 0 Å². The molecule has 0 spiro atoms. The van der Waals surface area contributed by atoms with Crippen LogP contribution in [0.1, 0.15) is 16.1 Å². The van der Waals surface area contributed by atoms with Crippen molar-refractivity contribution in [3.05, 3.63) is 42.0 Å². The molecule has 0 amide bonds. The van der Waals surface area contributed by atoms with Gasteiger partial charge >= 0.3 is 5.97 Å². The Bertz CT molecular complexity index is 546. The molecule has 82 valence electrons. The van der Waals surface area contributed by atoms with Crippen molar-refractivity contribution in [3.63, 3.8) is 0 Å². The zero-order valence-electron chi connectivity index (χ0n) is 8.71. The summed E-state index contributed by atoms with van der Waals surface area (Å²) >= 11 is 0. The number of aromatic carboxylic acids is 1. The Morgan fingerprint density at radius 3 is 2.81 bits per heavy atom. The number of imidazole rings is 1. The third-order valence-electron chi connectivity index (χ3n) is 2.24. The molecule has 0 unspecified atom stereocenters. The van der Waals surface area contributed by atoms with Gasteiger partial charge < -0.3 is 15.4 Å². The molecular formula is C11H11N3O2. The van der Waals surface area contributed by atoms with Gasteiger partial charge in [-0.3, -0.25) is 0 Å². The zero-order chi connectivity index (χ0) is 11.7. The lowest BCUT2D eigenvalue weighted by atomic mass is 10.1. The predicted octanol–water partition coefficient (Wildman–Crippen LogP) is 1.46. The highest BCUT2D eigenvalue weighted by molar-refractivity contribution is 5.93. The molecule has 0 aliphatic heterocycles. The van der Waals surface area contributed by atoms with Crippen LogP contribution in [0, 0.1) is 6.92 Å². The van der Waals surface area contributed by atoms with Gasteiger partial charge in [0.15, 0.2) is 0 Å². The van der Waals surface area contributed by atoms with Crippen LogP contribution in [0.2, 0.25) is 0 Å². The molecule has 0 saturated carbocycles. The molecule has 3 N–H and O–H groups in total. The lowest BCUT2D eigenvalue weighted by Gasteiger charge is -2.07. The van der Waals surface area contributed by atoms with Gasteiger partial charge in [-0.05, 0) is 25.1 Å². The van der Waals surface area contributed by atoms with E-state index in [1.807, 2.05) is 6.92 Å². The first kappa shape index (κ1) is 10.2. The van der Waals surface area contributed by atoms with E-state index in [1.54, 1.807) is 29.2 Å². The number of hydrogen-bond acceptors (Lipinski definition) is 3. The van der Waals surface area contributed by atoms with Gasteiger partial charge in [0.2, 0.25) is 0 Å². The SMILES string of the molecule is Cc1cn(-c2ccc(N)cc2C(=O)O)cn1. The summed E-state index contributed by atoms with van der Waals surface area (Å²) in [6.07, 6.45) is 3.34. The molecular weight excluding hydrogens is 206 g/mol. The molecule has 1 aromatic heterocycles. The molecule has 1 heterocycles. The molecule has 0 fully saturated rings. The topological polar surface area (TPSA) is 81.1 Å². The highest BCUT2D eigenvalue weighted by Crippen LogP contribution is 2.18. The number of carboxylic acids is 1. The summed E-state index contributed by atoms with van der Waals surface area (Å²) < 4.78 is 1.66. The Hall–Kier alpha value is -2.30. The first-order valence-corrected chi connectivity index (χ1v) is 4.71. The fourth-order valence-electron chi connectivity index (χ4n) is 1.50. The van der Waals surface area contributed by atoms with Crippen molar-refractivity contribution < 1.29 is 9.90 Å². The minimum Gasteiger partial charge on any atom is -0.478 e. The first-order chi connectivity index (χ1) is 7.58. The zero-order valence-corrected chi connectivity index (χ0v) is 8.71. The molecule has 1 aromatic carbocycles. The Morgan fingerprint density at radius 2 is 2.25 bits per heavy atom. The van der Waals surface area contributed by atoms with Crippen molar-refractivity contribution in [2.75, 3.05) is 5.73 Å². The maximum atomic E-state index is 11.1. The van der Waals surface area contributed by atoms with Crippen molar-refractivity contribution in [2.45, 2.75) is 6.92 Å². The van der Waals surface area contributed by atoms with E-state index in [9.17, 15) is 4.79 Å². The first-order valence-electron chi connectivity index (χ1n) is 4.71. The minimum absolute atomic E-state index is 0.164. The van der Waals surface area contributed by atoms with Gasteiger partial charge in [-0.25, -0.2) is 9.78 Å². The lowest BCUT2D eigenvalue weighted by Crippen LogP contribution is -2.05. The van der Waals surface area contributed by atoms with Crippen LogP contribution < -0.4 is 5.73 Å². The second-order valence-electron chi connectivity index (χ2n) is 3.50. The largest absolute Gasteiger partial charge is 0.478 e. The molecule has 0 aliphatic rings. The number of rotatable bonds is 2. The fraction of sp³-hybridized carbons (Fsp3) is 0.0909. The van der Waals surface area contributed by atoms with Crippen LogP contribution >= 0.6 is 0 Å². The van der Waals surface area contributed by atoms with Crippen molar-refractivity contribution in [2.24, 2.45) is 0 Å². The summed E-state index contributed by atoms with van der Waals surface area (Å²) in [6.45, 7) is 1.84. The maximum Gasteiger partial charge on any atom is 0.337 e. The normalized spacial score (nSPS) is 10.3. The molecule has 2 rings (SSSR count). The summed E-state index contributed by atoms with van der Waals surface area (Å²) in [5.41, 5.74) is 7.54. The smallest absolute Gasteiger partial charge is 0.337 e. The van der Waals surface area contributed by atoms with Gasteiger partial charge in [-0.2, -0.15) is 0 Å². The number of aromatic nitrogens is 2. The van der Waals surface area contributed by atoms with E-state index in [0.717, 1.165) is 5.69 Å². The number of benzene rings is 1. The Labute approximate surface area is 92.2 Å². The average molecular weight is 217 g/mol. The van der Waals surface area contributed by atoms with Crippen LogP contribution in [-0.4, -0.2) is 20.6 Å². The highest BCUT2D eigenvalue weighted by atomic mass is 16.4. The van der Waals surface area contributed by atoms with E-state index in [0.29, 0.717) is 11.4 Å². The van der Waals surface area contributed by atoms with Gasteiger partial charge in [-0.15, -0.1) is 0 Å². The van der Waals surface area contributed by atoms with Crippen LogP contribution in [0.25, 0.3) is 5.69 Å². The van der Waals surface area contributed by atoms with E-state index < -0.39 is 5.97 Å². The fourth-order valence-corrected chi connectivity index (χ4v) is 1.50. The van der Waals surface area contributed by atoms with Crippen LogP contribution in [0.3, 0.4) is 0 Å². The Balaban J connectivity index is 2.60. The summed E-state index contributed by atoms with van der Waals surface area (Å²) in [5.74, 6) is -1.01. The molecule has 0 saturated heterocycles. The maximum absolute atomic E-state index is 11.1. The van der Waals surface area contributed by atoms with Gasteiger partial charge in [0.05, 0.1) is 23.3 Å². The van der Waals surface area contributed by atoms with Gasteiger partial charge in [-0.1, -0.05) is 0 Å².